The lowest BCUT2D eigenvalue weighted by Crippen LogP contribution is -2.16. The van der Waals surface area contributed by atoms with Gasteiger partial charge in [-0.25, -0.2) is 0 Å². The summed E-state index contributed by atoms with van der Waals surface area (Å²) in [5, 5.41) is 12.5. The van der Waals surface area contributed by atoms with Crippen molar-refractivity contribution >= 4 is 0 Å². The molecule has 1 unspecified atom stereocenters. The number of nitrogens with zero attached hydrogens (tertiary/aromatic N) is 1. The number of rotatable bonds is 6. The van der Waals surface area contributed by atoms with Gasteiger partial charge in [0.05, 0.1) is 18.5 Å². The Morgan fingerprint density at radius 3 is 2.65 bits per heavy atom. The van der Waals surface area contributed by atoms with Crippen molar-refractivity contribution in [3.63, 3.8) is 0 Å². The molecule has 0 saturated carbocycles. The number of aliphatic hydroxyl groups is 1. The minimum absolute atomic E-state index is 0.0423. The number of hydrogen-bond donors (Lipinski definition) is 2. The highest BCUT2D eigenvalue weighted by Gasteiger charge is 2.09. The molecule has 0 aliphatic carbocycles. The van der Waals surface area contributed by atoms with Crippen LogP contribution < -0.4 is 10.1 Å². The third kappa shape index (κ3) is 3.35. The Bertz CT molecular complexity index is 536. The van der Waals surface area contributed by atoms with Gasteiger partial charge in [-0.2, -0.15) is 0 Å². The van der Waals surface area contributed by atoms with Crippen LogP contribution in [-0.4, -0.2) is 17.1 Å². The van der Waals surface area contributed by atoms with Crippen LogP contribution in [0.15, 0.2) is 42.6 Å². The molecule has 1 aromatic heterocycles. The van der Waals surface area contributed by atoms with Crippen molar-refractivity contribution in [1.82, 2.24) is 10.3 Å². The molecule has 4 nitrogen and oxygen atoms in total. The predicted octanol–water partition coefficient (Wildman–Crippen LogP) is 3.04. The van der Waals surface area contributed by atoms with Gasteiger partial charge in [-0.05, 0) is 31.7 Å². The van der Waals surface area contributed by atoms with Crippen LogP contribution in [0, 0.1) is 0 Å². The zero-order valence-electron chi connectivity index (χ0n) is 11.8. The highest BCUT2D eigenvalue weighted by atomic mass is 16.5. The van der Waals surface area contributed by atoms with Crippen LogP contribution in [0.5, 0.6) is 11.5 Å². The second-order valence-corrected chi connectivity index (χ2v) is 4.54. The van der Waals surface area contributed by atoms with Gasteiger partial charge in [0, 0.05) is 11.6 Å². The molecule has 2 N–H and O–H groups in total. The number of pyridine rings is 1. The number of para-hydroxylation sites is 1. The predicted molar refractivity (Wildman–Crippen MR) is 78.8 cm³/mol. The van der Waals surface area contributed by atoms with Crippen LogP contribution in [0.3, 0.4) is 0 Å². The summed E-state index contributed by atoms with van der Waals surface area (Å²) in [6, 6.07) is 11.5. The first-order valence-electron chi connectivity index (χ1n) is 6.78. The van der Waals surface area contributed by atoms with Crippen molar-refractivity contribution < 1.29 is 9.84 Å². The van der Waals surface area contributed by atoms with E-state index in [2.05, 4.69) is 17.2 Å². The standard InChI is InChI=1S/C16H20N2O2/c1-3-14(17-2)15-9-8-13(10-18-15)20-16-7-5-4-6-12(16)11-19/h4-10,14,17,19H,3,11H2,1-2H3. The van der Waals surface area contributed by atoms with Crippen LogP contribution in [-0.2, 0) is 6.61 Å². The molecule has 106 valence electrons. The van der Waals surface area contributed by atoms with Crippen LogP contribution in [0.1, 0.15) is 30.6 Å². The maximum absolute atomic E-state index is 9.27. The topological polar surface area (TPSA) is 54.4 Å². The molecule has 0 spiro atoms. The van der Waals surface area contributed by atoms with Crippen molar-refractivity contribution in [2.75, 3.05) is 7.05 Å². The van der Waals surface area contributed by atoms with Crippen molar-refractivity contribution in [2.24, 2.45) is 0 Å². The summed E-state index contributed by atoms with van der Waals surface area (Å²) in [4.78, 5) is 4.42. The molecule has 0 saturated heterocycles. The fraction of sp³-hybridized carbons (Fsp3) is 0.312. The van der Waals surface area contributed by atoms with E-state index in [1.165, 1.54) is 0 Å². The Balaban J connectivity index is 2.14. The number of aromatic nitrogens is 1. The van der Waals surface area contributed by atoms with E-state index >= 15 is 0 Å². The van der Waals surface area contributed by atoms with Crippen molar-refractivity contribution in [3.8, 4) is 11.5 Å². The van der Waals surface area contributed by atoms with E-state index in [0.717, 1.165) is 17.7 Å². The maximum atomic E-state index is 9.27. The highest BCUT2D eigenvalue weighted by molar-refractivity contribution is 5.37. The van der Waals surface area contributed by atoms with E-state index in [0.29, 0.717) is 11.5 Å². The lowest BCUT2D eigenvalue weighted by Gasteiger charge is -2.14. The third-order valence-corrected chi connectivity index (χ3v) is 3.24. The molecule has 0 amide bonds. The molecule has 2 rings (SSSR count). The van der Waals surface area contributed by atoms with Crippen LogP contribution in [0.25, 0.3) is 0 Å². The number of ether oxygens (including phenoxy) is 1. The Kier molecular flexibility index (Phi) is 5.09. The van der Waals surface area contributed by atoms with E-state index in [1.807, 2.05) is 43.4 Å². The van der Waals surface area contributed by atoms with E-state index in [1.54, 1.807) is 6.20 Å². The van der Waals surface area contributed by atoms with Gasteiger partial charge in [-0.15, -0.1) is 0 Å². The van der Waals surface area contributed by atoms with Crippen LogP contribution >= 0.6 is 0 Å². The van der Waals surface area contributed by atoms with Gasteiger partial charge in [0.15, 0.2) is 0 Å². The summed E-state index contributed by atoms with van der Waals surface area (Å²) in [6.45, 7) is 2.07. The molecule has 1 heterocycles. The molecule has 0 bridgehead atoms. The average Bonchev–Trinajstić information content (AvgIpc) is 2.51. The van der Waals surface area contributed by atoms with Crippen LogP contribution in [0.4, 0.5) is 0 Å². The van der Waals surface area contributed by atoms with Crippen molar-refractivity contribution in [2.45, 2.75) is 26.0 Å². The molecular weight excluding hydrogens is 252 g/mol. The van der Waals surface area contributed by atoms with E-state index in [4.69, 9.17) is 4.74 Å². The molecule has 1 atom stereocenters. The van der Waals surface area contributed by atoms with E-state index in [-0.39, 0.29) is 12.6 Å². The Morgan fingerprint density at radius 1 is 1.25 bits per heavy atom. The zero-order chi connectivity index (χ0) is 14.4. The number of benzene rings is 1. The third-order valence-electron chi connectivity index (χ3n) is 3.24. The van der Waals surface area contributed by atoms with Gasteiger partial charge >= 0.3 is 0 Å². The van der Waals surface area contributed by atoms with Gasteiger partial charge < -0.3 is 15.2 Å². The number of hydrogen-bond acceptors (Lipinski definition) is 4. The minimum Gasteiger partial charge on any atom is -0.455 e. The first-order chi connectivity index (χ1) is 9.78. The summed E-state index contributed by atoms with van der Waals surface area (Å²) < 4.78 is 5.76. The second kappa shape index (κ2) is 7.03. The lowest BCUT2D eigenvalue weighted by atomic mass is 10.1. The smallest absolute Gasteiger partial charge is 0.145 e. The Morgan fingerprint density at radius 2 is 2.05 bits per heavy atom. The van der Waals surface area contributed by atoms with Gasteiger partial charge in [-0.1, -0.05) is 25.1 Å². The number of aliphatic hydroxyl groups excluding tert-OH is 1. The average molecular weight is 272 g/mol. The summed E-state index contributed by atoms with van der Waals surface area (Å²) in [6.07, 6.45) is 2.69. The summed E-state index contributed by atoms with van der Waals surface area (Å²) in [5.74, 6) is 1.32. The largest absolute Gasteiger partial charge is 0.455 e. The number of nitrogens with one attached hydrogen (secondary N) is 1. The molecule has 4 heteroatoms. The SMILES string of the molecule is CCC(NC)c1ccc(Oc2ccccc2CO)cn1. The molecule has 0 aliphatic rings. The molecule has 0 aliphatic heterocycles. The van der Waals surface area contributed by atoms with Crippen molar-refractivity contribution in [1.29, 1.82) is 0 Å². The van der Waals surface area contributed by atoms with Gasteiger partial charge in [-0.3, -0.25) is 4.98 Å². The molecule has 20 heavy (non-hydrogen) atoms. The summed E-state index contributed by atoms with van der Waals surface area (Å²) >= 11 is 0. The van der Waals surface area contributed by atoms with E-state index < -0.39 is 0 Å². The van der Waals surface area contributed by atoms with Gasteiger partial charge in [0.25, 0.3) is 0 Å². The zero-order valence-corrected chi connectivity index (χ0v) is 11.8. The normalized spacial score (nSPS) is 12.2. The van der Waals surface area contributed by atoms with Gasteiger partial charge in [0.1, 0.15) is 11.5 Å². The molecule has 0 fully saturated rings. The summed E-state index contributed by atoms with van der Waals surface area (Å²) in [5.41, 5.74) is 1.76. The Hall–Kier alpha value is -1.91. The lowest BCUT2D eigenvalue weighted by molar-refractivity contribution is 0.276. The molecule has 1 aromatic carbocycles. The fourth-order valence-electron chi connectivity index (χ4n) is 2.08. The first-order valence-corrected chi connectivity index (χ1v) is 6.78. The van der Waals surface area contributed by atoms with E-state index in [9.17, 15) is 5.11 Å². The monoisotopic (exact) mass is 272 g/mol. The molecule has 2 aromatic rings. The quantitative estimate of drug-likeness (QED) is 0.848. The Labute approximate surface area is 119 Å². The maximum Gasteiger partial charge on any atom is 0.145 e. The van der Waals surface area contributed by atoms with Gasteiger partial charge in [0.2, 0.25) is 0 Å². The fourth-order valence-corrected chi connectivity index (χ4v) is 2.08. The van der Waals surface area contributed by atoms with Crippen LogP contribution in [0.2, 0.25) is 0 Å². The minimum atomic E-state index is -0.0423. The highest BCUT2D eigenvalue weighted by Crippen LogP contribution is 2.25. The summed E-state index contributed by atoms with van der Waals surface area (Å²) in [7, 11) is 1.93. The second-order valence-electron chi connectivity index (χ2n) is 4.54. The molecule has 0 radical (unpaired) electrons. The van der Waals surface area contributed by atoms with Crippen molar-refractivity contribution in [3.05, 3.63) is 53.9 Å². The first kappa shape index (κ1) is 14.5. The molecular formula is C16H20N2O2.